The molecular formula is C21H22FN5O2S. The van der Waals surface area contributed by atoms with Crippen LogP contribution in [-0.4, -0.2) is 43.3 Å². The summed E-state index contributed by atoms with van der Waals surface area (Å²) in [5.74, 6) is 1.02. The largest absolute Gasteiger partial charge is 0.377 e. The average molecular weight is 428 g/mol. The summed E-state index contributed by atoms with van der Waals surface area (Å²) >= 11 is 1.42. The van der Waals surface area contributed by atoms with E-state index in [0.717, 1.165) is 42.9 Å². The molecule has 0 amide bonds. The van der Waals surface area contributed by atoms with Gasteiger partial charge in [-0.15, -0.1) is 21.5 Å². The van der Waals surface area contributed by atoms with E-state index in [1.54, 1.807) is 19.2 Å². The Morgan fingerprint density at radius 2 is 2.20 bits per heavy atom. The smallest absolute Gasteiger partial charge is 0.272 e. The normalized spacial score (nSPS) is 17.0. The third-order valence-electron chi connectivity index (χ3n) is 5.54. The summed E-state index contributed by atoms with van der Waals surface area (Å²) in [5.41, 5.74) is 1.65. The summed E-state index contributed by atoms with van der Waals surface area (Å²) in [6.07, 6.45) is 2.23. The second-order valence-electron chi connectivity index (χ2n) is 7.69. The minimum atomic E-state index is -0.243. The van der Waals surface area contributed by atoms with Crippen LogP contribution in [0.1, 0.15) is 24.2 Å². The number of ether oxygens (including phenoxy) is 1. The van der Waals surface area contributed by atoms with E-state index < -0.39 is 0 Å². The zero-order chi connectivity index (χ0) is 20.7. The van der Waals surface area contributed by atoms with Crippen molar-refractivity contribution in [3.05, 3.63) is 63.3 Å². The maximum atomic E-state index is 13.7. The molecule has 1 saturated heterocycles. The highest BCUT2D eigenvalue weighted by molar-refractivity contribution is 7.17. The minimum Gasteiger partial charge on any atom is -0.377 e. The Labute approximate surface area is 176 Å². The molecule has 4 heterocycles. The second kappa shape index (κ2) is 7.90. The third kappa shape index (κ3) is 3.53. The van der Waals surface area contributed by atoms with Crippen LogP contribution in [0.5, 0.6) is 0 Å². The van der Waals surface area contributed by atoms with Crippen molar-refractivity contribution in [2.45, 2.75) is 32.0 Å². The highest BCUT2D eigenvalue weighted by Crippen LogP contribution is 2.21. The van der Waals surface area contributed by atoms with Gasteiger partial charge in [-0.1, -0.05) is 12.1 Å². The first kappa shape index (κ1) is 19.3. The second-order valence-corrected chi connectivity index (χ2v) is 8.60. The number of aromatic nitrogens is 4. The van der Waals surface area contributed by atoms with Crippen molar-refractivity contribution in [1.82, 2.24) is 24.1 Å². The molecule has 7 nitrogen and oxygen atoms in total. The highest BCUT2D eigenvalue weighted by atomic mass is 32.1. The number of halogens is 1. The summed E-state index contributed by atoms with van der Waals surface area (Å²) in [4.78, 5) is 14.8. The maximum Gasteiger partial charge on any atom is 0.272 e. The van der Waals surface area contributed by atoms with Crippen LogP contribution in [0, 0.1) is 5.82 Å². The van der Waals surface area contributed by atoms with Gasteiger partial charge in [0.1, 0.15) is 10.5 Å². The van der Waals surface area contributed by atoms with E-state index in [0.29, 0.717) is 23.6 Å². The van der Waals surface area contributed by atoms with Crippen molar-refractivity contribution in [2.24, 2.45) is 7.05 Å². The first-order valence-electron chi connectivity index (χ1n) is 9.99. The summed E-state index contributed by atoms with van der Waals surface area (Å²) in [6.45, 7) is 2.60. The van der Waals surface area contributed by atoms with Gasteiger partial charge in [0.2, 0.25) is 5.78 Å². The summed E-state index contributed by atoms with van der Waals surface area (Å²) in [7, 11) is 1.71. The van der Waals surface area contributed by atoms with Crippen molar-refractivity contribution in [2.75, 3.05) is 13.2 Å². The predicted octanol–water partition coefficient (Wildman–Crippen LogP) is 2.96. The molecule has 30 heavy (non-hydrogen) atoms. The molecule has 0 saturated carbocycles. The van der Waals surface area contributed by atoms with Crippen LogP contribution >= 0.6 is 11.3 Å². The maximum absolute atomic E-state index is 13.7. The number of nitrogens with zero attached hydrogens (tertiary/aromatic N) is 5. The van der Waals surface area contributed by atoms with Gasteiger partial charge in [0, 0.05) is 26.7 Å². The Balaban J connectivity index is 1.52. The first-order chi connectivity index (χ1) is 14.6. The quantitative estimate of drug-likeness (QED) is 0.473. The number of benzene rings is 1. The highest BCUT2D eigenvalue weighted by Gasteiger charge is 2.22. The topological polar surface area (TPSA) is 64.7 Å². The van der Waals surface area contributed by atoms with Crippen LogP contribution < -0.4 is 5.56 Å². The van der Waals surface area contributed by atoms with E-state index in [-0.39, 0.29) is 17.5 Å². The number of hydrogen-bond donors (Lipinski definition) is 0. The molecule has 1 aromatic carbocycles. The van der Waals surface area contributed by atoms with E-state index in [9.17, 15) is 9.18 Å². The van der Waals surface area contributed by atoms with E-state index in [1.165, 1.54) is 22.0 Å². The lowest BCUT2D eigenvalue weighted by atomic mass is 10.1. The van der Waals surface area contributed by atoms with Crippen molar-refractivity contribution in [3.8, 4) is 0 Å². The van der Waals surface area contributed by atoms with Crippen LogP contribution in [0.2, 0.25) is 0 Å². The SMILES string of the molecule is Cn1c(=O)c2sccc2n2c(CN(Cc3cccc(F)c3)CC3CCCO3)nnc12. The third-order valence-corrected chi connectivity index (χ3v) is 6.43. The van der Waals surface area contributed by atoms with Gasteiger partial charge in [0.15, 0.2) is 5.82 Å². The molecule has 0 aliphatic carbocycles. The fourth-order valence-electron chi connectivity index (χ4n) is 4.11. The molecule has 0 bridgehead atoms. The molecule has 1 fully saturated rings. The standard InChI is InChI=1S/C21H22FN5O2S/c1-25-20(28)19-17(7-9-30-19)27-18(23-24-21(25)27)13-26(12-16-6-3-8-29-16)11-14-4-2-5-15(22)10-14/h2,4-5,7,9-10,16H,3,6,8,11-13H2,1H3. The van der Waals surface area contributed by atoms with Gasteiger partial charge >= 0.3 is 0 Å². The van der Waals surface area contributed by atoms with Crippen LogP contribution in [-0.2, 0) is 24.9 Å². The zero-order valence-corrected chi connectivity index (χ0v) is 17.4. The summed E-state index contributed by atoms with van der Waals surface area (Å²) < 4.78 is 23.7. The molecule has 0 spiro atoms. The first-order valence-corrected chi connectivity index (χ1v) is 10.9. The molecule has 5 rings (SSSR count). The lowest BCUT2D eigenvalue weighted by Gasteiger charge is -2.24. The van der Waals surface area contributed by atoms with Gasteiger partial charge in [0.25, 0.3) is 5.56 Å². The van der Waals surface area contributed by atoms with E-state index in [1.807, 2.05) is 21.9 Å². The van der Waals surface area contributed by atoms with Crippen molar-refractivity contribution >= 4 is 27.3 Å². The molecule has 4 aromatic rings. The zero-order valence-electron chi connectivity index (χ0n) is 16.6. The fourth-order valence-corrected chi connectivity index (χ4v) is 4.96. The Morgan fingerprint density at radius 1 is 1.30 bits per heavy atom. The Kier molecular flexibility index (Phi) is 5.10. The summed E-state index contributed by atoms with van der Waals surface area (Å²) in [6, 6.07) is 8.59. The van der Waals surface area contributed by atoms with Gasteiger partial charge in [-0.2, -0.15) is 0 Å². The van der Waals surface area contributed by atoms with Crippen molar-refractivity contribution in [1.29, 1.82) is 0 Å². The van der Waals surface area contributed by atoms with Gasteiger partial charge in [-0.25, -0.2) is 4.39 Å². The predicted molar refractivity (Wildman–Crippen MR) is 113 cm³/mol. The van der Waals surface area contributed by atoms with Crippen LogP contribution in [0.15, 0.2) is 40.5 Å². The molecule has 1 atom stereocenters. The Bertz CT molecular complexity index is 1260. The van der Waals surface area contributed by atoms with Gasteiger partial charge in [-0.05, 0) is 42.0 Å². The van der Waals surface area contributed by atoms with E-state index >= 15 is 0 Å². The molecule has 156 valence electrons. The van der Waals surface area contributed by atoms with Crippen molar-refractivity contribution < 1.29 is 9.13 Å². The molecule has 0 N–H and O–H groups in total. The van der Waals surface area contributed by atoms with Gasteiger partial charge in [-0.3, -0.25) is 18.7 Å². The fraction of sp³-hybridized carbons (Fsp3) is 0.381. The molecule has 0 radical (unpaired) electrons. The lowest BCUT2D eigenvalue weighted by molar-refractivity contribution is 0.0669. The number of hydrogen-bond acceptors (Lipinski definition) is 6. The number of fused-ring (bicyclic) bond motifs is 3. The number of thiophene rings is 1. The molecule has 1 aliphatic heterocycles. The number of rotatable bonds is 6. The molecule has 9 heteroatoms. The Hall–Kier alpha value is -2.62. The monoisotopic (exact) mass is 427 g/mol. The van der Waals surface area contributed by atoms with Crippen LogP contribution in [0.25, 0.3) is 16.0 Å². The minimum absolute atomic E-state index is 0.0672. The molecule has 1 unspecified atom stereocenters. The lowest BCUT2D eigenvalue weighted by Crippen LogP contribution is -2.32. The van der Waals surface area contributed by atoms with Crippen LogP contribution in [0.4, 0.5) is 4.39 Å². The summed E-state index contributed by atoms with van der Waals surface area (Å²) in [5, 5.41) is 10.6. The Morgan fingerprint density at radius 3 is 3.00 bits per heavy atom. The molecule has 1 aliphatic rings. The van der Waals surface area contributed by atoms with E-state index in [4.69, 9.17) is 4.74 Å². The molecular weight excluding hydrogens is 405 g/mol. The number of aryl methyl sites for hydroxylation is 1. The van der Waals surface area contributed by atoms with Gasteiger partial charge < -0.3 is 4.74 Å². The molecule has 3 aromatic heterocycles. The van der Waals surface area contributed by atoms with Gasteiger partial charge in [0.05, 0.1) is 18.2 Å². The average Bonchev–Trinajstić information content (AvgIpc) is 3.47. The van der Waals surface area contributed by atoms with Crippen molar-refractivity contribution in [3.63, 3.8) is 0 Å². The van der Waals surface area contributed by atoms with Crippen LogP contribution in [0.3, 0.4) is 0 Å². The van der Waals surface area contributed by atoms with E-state index in [2.05, 4.69) is 15.1 Å².